The van der Waals surface area contributed by atoms with E-state index in [1.54, 1.807) is 6.07 Å². The van der Waals surface area contributed by atoms with E-state index in [2.05, 4.69) is 15.8 Å². The number of rotatable bonds is 2. The summed E-state index contributed by atoms with van der Waals surface area (Å²) < 4.78 is 5.05. The van der Waals surface area contributed by atoms with Crippen LogP contribution in [0.1, 0.15) is 52.0 Å². The Bertz CT molecular complexity index is 397. The molecule has 1 rings (SSSR count). The van der Waals surface area contributed by atoms with Gasteiger partial charge >= 0.3 is 0 Å². The van der Waals surface area contributed by atoms with Crippen LogP contribution in [0.2, 0.25) is 0 Å². The van der Waals surface area contributed by atoms with Crippen LogP contribution in [-0.4, -0.2) is 22.1 Å². The molecule has 17 heavy (non-hydrogen) atoms. The van der Waals surface area contributed by atoms with E-state index < -0.39 is 0 Å². The van der Waals surface area contributed by atoms with Gasteiger partial charge in [-0.15, -0.1) is 0 Å². The van der Waals surface area contributed by atoms with Gasteiger partial charge in [-0.1, -0.05) is 5.16 Å². The normalized spacial score (nSPS) is 12.4. The van der Waals surface area contributed by atoms with Crippen molar-refractivity contribution in [1.29, 1.82) is 0 Å². The summed E-state index contributed by atoms with van der Waals surface area (Å²) in [5, 5.41) is 9.67. The Kier molecular flexibility index (Phi) is 3.50. The fraction of sp³-hybridized carbons (Fsp3) is 0.667. The summed E-state index contributed by atoms with van der Waals surface area (Å²) in [5.74, 6) is 0.264. The van der Waals surface area contributed by atoms with Gasteiger partial charge in [-0.3, -0.25) is 4.79 Å². The van der Waals surface area contributed by atoms with E-state index in [1.165, 1.54) is 0 Å². The number of anilines is 1. The van der Waals surface area contributed by atoms with Crippen LogP contribution >= 0.6 is 0 Å². The van der Waals surface area contributed by atoms with Crippen molar-refractivity contribution in [3.05, 3.63) is 11.8 Å². The van der Waals surface area contributed by atoms with E-state index >= 15 is 0 Å². The number of carbonyl (C=O) groups excluding carboxylic acids is 1. The first-order valence-electron chi connectivity index (χ1n) is 5.64. The zero-order valence-electron chi connectivity index (χ0n) is 11.3. The summed E-state index contributed by atoms with van der Waals surface area (Å²) >= 11 is 0. The number of aromatic nitrogens is 1. The fourth-order valence-corrected chi connectivity index (χ4v) is 1.22. The topological polar surface area (TPSA) is 67.2 Å². The first kappa shape index (κ1) is 13.5. The molecular weight excluding hydrogens is 218 g/mol. The fourth-order valence-electron chi connectivity index (χ4n) is 1.22. The van der Waals surface area contributed by atoms with Crippen LogP contribution < -0.4 is 10.6 Å². The highest BCUT2D eigenvalue weighted by atomic mass is 16.5. The van der Waals surface area contributed by atoms with Gasteiger partial charge in [0.05, 0.1) is 0 Å². The molecule has 5 nitrogen and oxygen atoms in total. The SMILES string of the molecule is CC(C)(C)NC(=O)c1cc(NC(C)(C)C)on1. The summed E-state index contributed by atoms with van der Waals surface area (Å²) in [6.45, 7) is 11.8. The molecule has 1 aromatic heterocycles. The van der Waals surface area contributed by atoms with Crippen LogP contribution in [-0.2, 0) is 0 Å². The summed E-state index contributed by atoms with van der Waals surface area (Å²) in [5.41, 5.74) is -0.128. The van der Waals surface area contributed by atoms with Crippen LogP contribution in [0.5, 0.6) is 0 Å². The molecule has 0 atom stereocenters. The maximum atomic E-state index is 11.8. The van der Waals surface area contributed by atoms with Gasteiger partial charge in [0.15, 0.2) is 5.69 Å². The van der Waals surface area contributed by atoms with Crippen molar-refractivity contribution in [1.82, 2.24) is 10.5 Å². The lowest BCUT2D eigenvalue weighted by Gasteiger charge is -2.19. The molecule has 0 unspecified atom stereocenters. The smallest absolute Gasteiger partial charge is 0.273 e. The first-order valence-corrected chi connectivity index (χ1v) is 5.64. The Morgan fingerprint density at radius 2 is 1.76 bits per heavy atom. The molecule has 0 aliphatic carbocycles. The standard InChI is InChI=1S/C12H21N3O2/c1-11(2,3)13-9-7-8(15-17-9)10(16)14-12(4,5)6/h7,13H,1-6H3,(H,14,16). The van der Waals surface area contributed by atoms with Crippen molar-refractivity contribution >= 4 is 11.8 Å². The van der Waals surface area contributed by atoms with Gasteiger partial charge in [-0.2, -0.15) is 0 Å². The van der Waals surface area contributed by atoms with Gasteiger partial charge in [-0.05, 0) is 41.5 Å². The zero-order valence-corrected chi connectivity index (χ0v) is 11.3. The Labute approximate surface area is 102 Å². The van der Waals surface area contributed by atoms with E-state index in [9.17, 15) is 4.79 Å². The van der Waals surface area contributed by atoms with Gasteiger partial charge in [0.25, 0.3) is 5.91 Å². The number of nitrogens with zero attached hydrogens (tertiary/aromatic N) is 1. The van der Waals surface area contributed by atoms with Crippen LogP contribution in [0.3, 0.4) is 0 Å². The van der Waals surface area contributed by atoms with Crippen molar-refractivity contribution in [2.45, 2.75) is 52.6 Å². The Balaban J connectivity index is 2.72. The summed E-state index contributed by atoms with van der Waals surface area (Å²) in [6, 6.07) is 1.60. The second kappa shape index (κ2) is 4.39. The Hall–Kier alpha value is -1.52. The lowest BCUT2D eigenvalue weighted by molar-refractivity contribution is 0.0910. The van der Waals surface area contributed by atoms with Gasteiger partial charge in [0, 0.05) is 17.1 Å². The van der Waals surface area contributed by atoms with E-state index in [-0.39, 0.29) is 22.7 Å². The minimum absolute atomic E-state index is 0.128. The minimum Gasteiger partial charge on any atom is -0.349 e. The lowest BCUT2D eigenvalue weighted by Crippen LogP contribution is -2.40. The monoisotopic (exact) mass is 239 g/mol. The average Bonchev–Trinajstić information content (AvgIpc) is 2.45. The lowest BCUT2D eigenvalue weighted by atomic mass is 10.1. The van der Waals surface area contributed by atoms with Gasteiger partial charge in [0.2, 0.25) is 5.88 Å². The highest BCUT2D eigenvalue weighted by Gasteiger charge is 2.20. The molecule has 5 heteroatoms. The van der Waals surface area contributed by atoms with E-state index in [1.807, 2.05) is 41.5 Å². The van der Waals surface area contributed by atoms with Crippen molar-refractivity contribution in [2.75, 3.05) is 5.32 Å². The molecule has 0 saturated heterocycles. The maximum absolute atomic E-state index is 11.8. The van der Waals surface area contributed by atoms with Crippen molar-refractivity contribution in [3.8, 4) is 0 Å². The molecule has 0 aliphatic rings. The molecule has 1 heterocycles. The third-order valence-corrected chi connectivity index (χ3v) is 1.73. The molecule has 1 amide bonds. The van der Waals surface area contributed by atoms with E-state index in [0.29, 0.717) is 5.88 Å². The molecule has 0 aliphatic heterocycles. The van der Waals surface area contributed by atoms with Crippen LogP contribution in [0.25, 0.3) is 0 Å². The number of nitrogens with one attached hydrogen (secondary N) is 2. The molecule has 0 spiro atoms. The van der Waals surface area contributed by atoms with Crippen LogP contribution in [0.15, 0.2) is 10.6 Å². The largest absolute Gasteiger partial charge is 0.349 e. The molecule has 0 fully saturated rings. The molecule has 0 aromatic carbocycles. The number of hydrogen-bond donors (Lipinski definition) is 2. The zero-order chi connectivity index (χ0) is 13.3. The maximum Gasteiger partial charge on any atom is 0.273 e. The van der Waals surface area contributed by atoms with E-state index in [4.69, 9.17) is 4.52 Å². The van der Waals surface area contributed by atoms with Crippen LogP contribution in [0, 0.1) is 0 Å². The predicted molar refractivity (Wildman–Crippen MR) is 67.1 cm³/mol. The van der Waals surface area contributed by atoms with Crippen molar-refractivity contribution in [3.63, 3.8) is 0 Å². The second-order valence-electron chi connectivity index (χ2n) is 6.16. The number of amides is 1. The molecule has 0 radical (unpaired) electrons. The molecule has 0 saturated carbocycles. The van der Waals surface area contributed by atoms with E-state index in [0.717, 1.165) is 0 Å². The second-order valence-corrected chi connectivity index (χ2v) is 6.16. The Morgan fingerprint density at radius 3 is 2.24 bits per heavy atom. The predicted octanol–water partition coefficient (Wildman–Crippen LogP) is 2.41. The molecular formula is C12H21N3O2. The molecule has 1 aromatic rings. The van der Waals surface area contributed by atoms with Gasteiger partial charge in [-0.25, -0.2) is 0 Å². The summed E-state index contributed by atoms with van der Waals surface area (Å²) in [4.78, 5) is 11.8. The van der Waals surface area contributed by atoms with Crippen molar-refractivity contribution in [2.24, 2.45) is 0 Å². The quantitative estimate of drug-likeness (QED) is 0.831. The van der Waals surface area contributed by atoms with Crippen molar-refractivity contribution < 1.29 is 9.32 Å². The summed E-state index contributed by atoms with van der Waals surface area (Å²) in [7, 11) is 0. The highest BCUT2D eigenvalue weighted by molar-refractivity contribution is 5.93. The minimum atomic E-state index is -0.284. The van der Waals surface area contributed by atoms with Gasteiger partial charge in [0.1, 0.15) is 0 Å². The number of carbonyl (C=O) groups is 1. The average molecular weight is 239 g/mol. The molecule has 96 valence electrons. The highest BCUT2D eigenvalue weighted by Crippen LogP contribution is 2.16. The first-order chi connectivity index (χ1) is 7.57. The summed E-state index contributed by atoms with van der Waals surface area (Å²) in [6.07, 6.45) is 0. The molecule has 0 bridgehead atoms. The van der Waals surface area contributed by atoms with Gasteiger partial charge < -0.3 is 15.2 Å². The molecule has 2 N–H and O–H groups in total. The third-order valence-electron chi connectivity index (χ3n) is 1.73. The number of hydrogen-bond acceptors (Lipinski definition) is 4. The van der Waals surface area contributed by atoms with Crippen LogP contribution in [0.4, 0.5) is 5.88 Å². The Morgan fingerprint density at radius 1 is 1.18 bits per heavy atom. The third kappa shape index (κ3) is 4.89.